The number of hydrogen-bond donors (Lipinski definition) is 7. The molecule has 87 heavy (non-hydrogen) atoms. The van der Waals surface area contributed by atoms with Gasteiger partial charge in [-0.05, 0) is 198 Å². The monoisotopic (exact) mass is 1170 g/mol. The van der Waals surface area contributed by atoms with E-state index in [0.717, 1.165) is 66.3 Å². The van der Waals surface area contributed by atoms with Crippen molar-refractivity contribution in [1.29, 1.82) is 10.5 Å². The molecule has 0 fully saturated rings. The number of hydrogen-bond acceptors (Lipinski definition) is 12. The summed E-state index contributed by atoms with van der Waals surface area (Å²) in [5.74, 6) is -0.487. The van der Waals surface area contributed by atoms with Gasteiger partial charge in [0, 0.05) is 83.3 Å². The highest BCUT2D eigenvalue weighted by Crippen LogP contribution is 2.44. The highest BCUT2D eigenvalue weighted by molar-refractivity contribution is 6.98. The van der Waals surface area contributed by atoms with Crippen LogP contribution in [0.25, 0.3) is 38.2 Å². The molecule has 14 nitrogen and oxygen atoms in total. The van der Waals surface area contributed by atoms with Gasteiger partial charge in [-0.1, -0.05) is 99.1 Å². The van der Waals surface area contributed by atoms with Crippen molar-refractivity contribution in [2.45, 2.75) is 72.9 Å². The molecule has 0 spiro atoms. The van der Waals surface area contributed by atoms with Gasteiger partial charge >= 0.3 is 14.2 Å². The molecular weight excluding hydrogens is 1100 g/mol. The zero-order valence-electron chi connectivity index (χ0n) is 50.7. The summed E-state index contributed by atoms with van der Waals surface area (Å²) in [6.07, 6.45) is 7.71. The molecule has 440 valence electrons. The number of aliphatic imine (C=N–C) groups is 1. The van der Waals surface area contributed by atoms with Crippen molar-refractivity contribution < 1.29 is 29.7 Å². The van der Waals surface area contributed by atoms with Crippen molar-refractivity contribution in [1.82, 2.24) is 20.4 Å². The maximum atomic E-state index is 12.7. The summed E-state index contributed by atoms with van der Waals surface area (Å²) < 4.78 is 0. The molecule has 1 heterocycles. The molecule has 0 aromatic heterocycles. The van der Waals surface area contributed by atoms with Gasteiger partial charge in [-0.3, -0.25) is 24.4 Å². The van der Waals surface area contributed by atoms with Gasteiger partial charge < -0.3 is 36.0 Å². The molecule has 0 unspecified atom stereocenters. The Balaban J connectivity index is 1.26. The zero-order chi connectivity index (χ0) is 62.3. The van der Waals surface area contributed by atoms with E-state index < -0.39 is 22.3 Å². The zero-order valence-corrected chi connectivity index (χ0v) is 51.7. The van der Waals surface area contributed by atoms with Gasteiger partial charge in [0.05, 0.1) is 29.0 Å². The van der Waals surface area contributed by atoms with Crippen LogP contribution in [0.1, 0.15) is 76.8 Å². The van der Waals surface area contributed by atoms with Gasteiger partial charge in [0.1, 0.15) is 8.07 Å². The van der Waals surface area contributed by atoms with E-state index in [2.05, 4.69) is 161 Å². The van der Waals surface area contributed by atoms with Crippen molar-refractivity contribution in [2.75, 3.05) is 45.6 Å². The molecule has 0 radical (unpaired) electrons. The number of carbonyl (C=O) groups excluding carboxylic acids is 2. The Morgan fingerprint density at radius 2 is 1.17 bits per heavy atom. The van der Waals surface area contributed by atoms with Crippen LogP contribution in [0.5, 0.6) is 0 Å². The molecular formula is C70H74B2N8O6Si. The second kappa shape index (κ2) is 27.3. The molecule has 1 aliphatic carbocycles. The minimum atomic E-state index is -2.24. The predicted octanol–water partition coefficient (Wildman–Crippen LogP) is 8.12. The predicted molar refractivity (Wildman–Crippen MR) is 356 cm³/mol. The molecule has 17 heteroatoms. The summed E-state index contributed by atoms with van der Waals surface area (Å²) in [5, 5.41) is 78.7. The molecule has 7 aromatic rings. The molecule has 0 atom stereocenters. The second-order valence-electron chi connectivity index (χ2n) is 23.3. The van der Waals surface area contributed by atoms with Crippen LogP contribution < -0.4 is 32.1 Å². The summed E-state index contributed by atoms with van der Waals surface area (Å²) in [4.78, 5) is 34.5. The van der Waals surface area contributed by atoms with Gasteiger partial charge in [0.15, 0.2) is 0 Å². The van der Waals surface area contributed by atoms with Crippen molar-refractivity contribution in [3.8, 4) is 23.3 Å². The number of carbonyl (C=O) groups is 2. The van der Waals surface area contributed by atoms with Crippen LogP contribution in [-0.2, 0) is 35.8 Å². The average molecular weight is 1170 g/mol. The van der Waals surface area contributed by atoms with E-state index in [1.54, 1.807) is 50.2 Å². The van der Waals surface area contributed by atoms with Crippen molar-refractivity contribution in [2.24, 2.45) is 4.99 Å². The lowest BCUT2D eigenvalue weighted by atomic mass is 9.76. The fourth-order valence-corrected chi connectivity index (χ4v) is 15.2. The van der Waals surface area contributed by atoms with E-state index in [4.69, 9.17) is 0 Å². The van der Waals surface area contributed by atoms with Gasteiger partial charge in [-0.25, -0.2) is 0 Å². The number of benzene rings is 7. The van der Waals surface area contributed by atoms with E-state index in [9.17, 15) is 40.2 Å². The summed E-state index contributed by atoms with van der Waals surface area (Å²) in [6.45, 7) is 20.8. The SMILES string of the molecule is C=C(C)C(=O)NCCCN(Cc1cc(C#N)ccc1B(O)O)Cc1c2ccccc2c(CN(CCCNC(=O)C(=C)C)Cc2cc(C#N)ccc2B(O)O)c2cc(-c3ccc(C)c(C4=C5C=C/C(=N\C)C=C5[Si](C)(C)c5cc(NC)ccc54)c3)ccc12. The van der Waals surface area contributed by atoms with Gasteiger partial charge in [0.25, 0.3) is 0 Å². The Hall–Kier alpha value is -8.74. The van der Waals surface area contributed by atoms with Gasteiger partial charge in [0.2, 0.25) is 11.8 Å². The normalized spacial score (nSPS) is 13.7. The third kappa shape index (κ3) is 13.8. The summed E-state index contributed by atoms with van der Waals surface area (Å²) in [7, 11) is -2.04. The highest BCUT2D eigenvalue weighted by atomic mass is 28.3. The molecule has 2 amide bonds. The Labute approximate surface area is 512 Å². The van der Waals surface area contributed by atoms with E-state index in [1.807, 2.05) is 26.2 Å². The summed E-state index contributed by atoms with van der Waals surface area (Å²) in [5.41, 5.74) is 15.1. The van der Waals surface area contributed by atoms with Crippen LogP contribution in [0.15, 0.2) is 174 Å². The standard InChI is InChI=1S/C70H74B2N8O6Si/c1-44(2)69(81)77-28-12-30-79(40-51-32-47(38-73)17-26-64(51)71(83)84)42-62-55-14-10-11-15-56(55)63(43-80(31-13-29-78-70(82)45(3)4)41-52-33-48(39-74)18-27-65(52)72(85)86)61-35-50(20-23-57(61)62)49-19-16-46(5)60(34-49)68-58-24-21-53(75-6)36-66(58)87(8,9)67-37-54(76-7)22-25-59(67)68/h10-11,14-27,32-37,75,83-86H,1,3,12-13,28-31,40-43H2,2,4-9H3,(H,77,81)(H,78,82)/b76-54+. The Kier molecular flexibility index (Phi) is 19.7. The fourth-order valence-electron chi connectivity index (χ4n) is 12.2. The quantitative estimate of drug-likeness (QED) is 0.0140. The molecule has 7 aromatic carbocycles. The van der Waals surface area contributed by atoms with E-state index in [0.29, 0.717) is 85.5 Å². The second-order valence-corrected chi connectivity index (χ2v) is 27.6. The largest absolute Gasteiger partial charge is 0.488 e. The van der Waals surface area contributed by atoms with Crippen LogP contribution in [0, 0.1) is 29.6 Å². The topological polar surface area (TPSA) is 218 Å². The number of nitrogens with zero attached hydrogens (tertiary/aromatic N) is 5. The minimum absolute atomic E-state index is 0.233. The van der Waals surface area contributed by atoms with E-state index in [-0.39, 0.29) is 35.8 Å². The molecule has 1 aliphatic heterocycles. The van der Waals surface area contributed by atoms with Crippen molar-refractivity contribution in [3.63, 3.8) is 0 Å². The number of nitriles is 2. The van der Waals surface area contributed by atoms with Crippen LogP contribution in [0.3, 0.4) is 0 Å². The van der Waals surface area contributed by atoms with Crippen LogP contribution in [0.4, 0.5) is 5.69 Å². The first kappa shape index (κ1) is 62.8. The Morgan fingerprint density at radius 3 is 1.69 bits per heavy atom. The van der Waals surface area contributed by atoms with Crippen LogP contribution >= 0.6 is 0 Å². The number of anilines is 1. The minimum Gasteiger partial charge on any atom is -0.423 e. The van der Waals surface area contributed by atoms with Crippen molar-refractivity contribution in [3.05, 3.63) is 219 Å². The Bertz CT molecular complexity index is 4120. The van der Waals surface area contributed by atoms with Gasteiger partial charge in [-0.15, -0.1) is 0 Å². The smallest absolute Gasteiger partial charge is 0.423 e. The number of allylic oxidation sites excluding steroid dienone is 5. The number of amides is 2. The maximum absolute atomic E-state index is 12.7. The van der Waals surface area contributed by atoms with E-state index >= 15 is 0 Å². The Morgan fingerprint density at radius 1 is 0.644 bits per heavy atom. The van der Waals surface area contributed by atoms with Crippen LogP contribution in [0.2, 0.25) is 13.1 Å². The van der Waals surface area contributed by atoms with E-state index in [1.165, 1.54) is 27.1 Å². The van der Waals surface area contributed by atoms with Gasteiger partial charge in [-0.2, -0.15) is 10.5 Å². The molecule has 9 rings (SSSR count). The molecule has 0 saturated heterocycles. The number of nitrogens with one attached hydrogen (secondary N) is 3. The average Bonchev–Trinajstić information content (AvgIpc) is 0.769. The first-order chi connectivity index (χ1) is 41.7. The molecule has 0 bridgehead atoms. The number of aryl methyl sites for hydroxylation is 1. The summed E-state index contributed by atoms with van der Waals surface area (Å²) >= 11 is 0. The first-order valence-corrected chi connectivity index (χ1v) is 32.4. The summed E-state index contributed by atoms with van der Waals surface area (Å²) in [6, 6.07) is 42.5. The first-order valence-electron chi connectivity index (χ1n) is 29.4. The number of fused-ring (bicyclic) bond motifs is 4. The molecule has 7 N–H and O–H groups in total. The fraction of sp³-hybridized carbons (Fsp3) is 0.243. The number of rotatable bonds is 23. The maximum Gasteiger partial charge on any atom is 0.488 e. The third-order valence-corrected chi connectivity index (χ3v) is 20.4. The lowest BCUT2D eigenvalue weighted by molar-refractivity contribution is -0.118. The molecule has 2 aliphatic rings. The highest BCUT2D eigenvalue weighted by Gasteiger charge is 2.40. The lowest BCUT2D eigenvalue weighted by Gasteiger charge is -2.38. The van der Waals surface area contributed by atoms with Crippen LogP contribution in [-0.4, -0.2) is 110 Å². The third-order valence-electron chi connectivity index (χ3n) is 16.8. The van der Waals surface area contributed by atoms with Crippen molar-refractivity contribution >= 4 is 88.8 Å². The molecule has 0 saturated carbocycles. The lowest BCUT2D eigenvalue weighted by Crippen LogP contribution is -2.49.